The lowest BCUT2D eigenvalue weighted by Crippen LogP contribution is -2.18. The normalized spacial score (nSPS) is 9.45. The summed E-state index contributed by atoms with van der Waals surface area (Å²) in [6.45, 7) is -0.260. The van der Waals surface area contributed by atoms with Crippen molar-refractivity contribution >= 4 is 11.7 Å². The second kappa shape index (κ2) is 6.31. The zero-order valence-electron chi connectivity index (χ0n) is 10.4. The zero-order chi connectivity index (χ0) is 14.4. The number of hydrogen-bond acceptors (Lipinski definition) is 4. The highest BCUT2D eigenvalue weighted by molar-refractivity contribution is 6.02. The maximum absolute atomic E-state index is 11.9. The number of aromatic nitrogens is 2. The topological polar surface area (TPSA) is 95.1 Å². The van der Waals surface area contributed by atoms with Crippen LogP contribution in [0.3, 0.4) is 0 Å². The summed E-state index contributed by atoms with van der Waals surface area (Å²) in [5.74, 6) is 4.94. The van der Waals surface area contributed by atoms with Crippen molar-refractivity contribution in [3.63, 3.8) is 0 Å². The minimum Gasteiger partial charge on any atom is -0.384 e. The van der Waals surface area contributed by atoms with Crippen LogP contribution in [0.1, 0.15) is 16.2 Å². The van der Waals surface area contributed by atoms with Gasteiger partial charge in [0, 0.05) is 6.07 Å². The summed E-state index contributed by atoms with van der Waals surface area (Å²) in [6.07, 6.45) is 0. The Labute approximate surface area is 114 Å². The standard InChI is InChI=1S/C14H11N3O3/c18-9-3-5-10-4-1-7-12(15-10)17-14(20)11-6-2-8-13(19)16-11/h1-2,4,6-8,18H,9H2,(H,16,19)(H,15,17,20). The molecule has 6 heteroatoms. The van der Waals surface area contributed by atoms with E-state index in [2.05, 4.69) is 27.1 Å². The van der Waals surface area contributed by atoms with E-state index in [0.29, 0.717) is 11.5 Å². The van der Waals surface area contributed by atoms with Crippen LogP contribution in [0.2, 0.25) is 0 Å². The highest BCUT2D eigenvalue weighted by atomic mass is 16.2. The third-order valence-electron chi connectivity index (χ3n) is 2.30. The lowest BCUT2D eigenvalue weighted by molar-refractivity contribution is 0.102. The summed E-state index contributed by atoms with van der Waals surface area (Å²) >= 11 is 0. The number of rotatable bonds is 2. The van der Waals surface area contributed by atoms with Gasteiger partial charge in [-0.2, -0.15) is 0 Å². The fourth-order valence-electron chi connectivity index (χ4n) is 1.47. The van der Waals surface area contributed by atoms with Gasteiger partial charge < -0.3 is 15.4 Å². The lowest BCUT2D eigenvalue weighted by atomic mass is 10.3. The predicted molar refractivity (Wildman–Crippen MR) is 73.2 cm³/mol. The Hall–Kier alpha value is -2.91. The van der Waals surface area contributed by atoms with Gasteiger partial charge in [-0.3, -0.25) is 9.59 Å². The van der Waals surface area contributed by atoms with Crippen molar-refractivity contribution in [1.82, 2.24) is 9.97 Å². The third kappa shape index (κ3) is 3.54. The van der Waals surface area contributed by atoms with Crippen LogP contribution in [-0.2, 0) is 0 Å². The van der Waals surface area contributed by atoms with E-state index < -0.39 is 5.91 Å². The molecule has 2 heterocycles. The van der Waals surface area contributed by atoms with E-state index in [1.807, 2.05) is 0 Å². The van der Waals surface area contributed by atoms with E-state index in [4.69, 9.17) is 5.11 Å². The Balaban J connectivity index is 2.17. The number of amides is 1. The number of H-pyrrole nitrogens is 1. The van der Waals surface area contributed by atoms with Crippen molar-refractivity contribution in [2.45, 2.75) is 0 Å². The molecule has 0 unspecified atom stereocenters. The quantitative estimate of drug-likeness (QED) is 0.686. The molecule has 0 bridgehead atoms. The van der Waals surface area contributed by atoms with E-state index >= 15 is 0 Å². The Bertz CT molecular complexity index is 741. The van der Waals surface area contributed by atoms with Crippen LogP contribution in [0.4, 0.5) is 5.82 Å². The first kappa shape index (κ1) is 13.5. The van der Waals surface area contributed by atoms with Gasteiger partial charge in [0.1, 0.15) is 23.8 Å². The molecule has 0 aliphatic rings. The van der Waals surface area contributed by atoms with Crippen LogP contribution in [0.5, 0.6) is 0 Å². The molecule has 2 rings (SSSR count). The highest BCUT2D eigenvalue weighted by Gasteiger charge is 2.07. The number of anilines is 1. The second-order valence-corrected chi connectivity index (χ2v) is 3.75. The van der Waals surface area contributed by atoms with Crippen LogP contribution in [0.15, 0.2) is 41.2 Å². The summed E-state index contributed by atoms with van der Waals surface area (Å²) in [6, 6.07) is 9.24. The number of aromatic amines is 1. The smallest absolute Gasteiger partial charge is 0.273 e. The molecular weight excluding hydrogens is 258 g/mol. The minimum absolute atomic E-state index is 0.145. The average Bonchev–Trinajstić information content (AvgIpc) is 2.45. The third-order valence-corrected chi connectivity index (χ3v) is 2.30. The molecular formula is C14H11N3O3. The van der Waals surface area contributed by atoms with Gasteiger partial charge in [0.15, 0.2) is 0 Å². The molecule has 0 saturated heterocycles. The van der Waals surface area contributed by atoms with Crippen LogP contribution < -0.4 is 10.9 Å². The molecule has 1 amide bonds. The Kier molecular flexibility index (Phi) is 4.27. The average molecular weight is 269 g/mol. The van der Waals surface area contributed by atoms with Crippen molar-refractivity contribution < 1.29 is 9.90 Å². The first-order valence-corrected chi connectivity index (χ1v) is 5.76. The second-order valence-electron chi connectivity index (χ2n) is 3.75. The van der Waals surface area contributed by atoms with Crippen molar-refractivity contribution in [2.24, 2.45) is 0 Å². The number of nitrogens with zero attached hydrogens (tertiary/aromatic N) is 1. The molecule has 0 radical (unpaired) electrons. The number of pyridine rings is 2. The van der Waals surface area contributed by atoms with Crippen molar-refractivity contribution in [1.29, 1.82) is 0 Å². The van der Waals surface area contributed by atoms with Crippen molar-refractivity contribution in [3.8, 4) is 11.8 Å². The molecule has 6 nitrogen and oxygen atoms in total. The summed E-state index contributed by atoms with van der Waals surface area (Å²) in [5.41, 5.74) is 0.220. The monoisotopic (exact) mass is 269 g/mol. The van der Waals surface area contributed by atoms with Gasteiger partial charge in [0.25, 0.3) is 5.91 Å². The number of carbonyl (C=O) groups is 1. The predicted octanol–water partition coefficient (Wildman–Crippen LogP) is 0.366. The van der Waals surface area contributed by atoms with E-state index in [1.165, 1.54) is 18.2 Å². The van der Waals surface area contributed by atoms with Gasteiger partial charge in [-0.05, 0) is 24.1 Å². The molecule has 2 aromatic heterocycles. The molecule has 0 saturated carbocycles. The Morgan fingerprint density at radius 3 is 2.85 bits per heavy atom. The molecule has 0 aliphatic carbocycles. The van der Waals surface area contributed by atoms with Crippen LogP contribution in [-0.4, -0.2) is 27.6 Å². The van der Waals surface area contributed by atoms with Gasteiger partial charge in [0.2, 0.25) is 5.56 Å². The molecule has 2 aromatic rings. The van der Waals surface area contributed by atoms with Gasteiger partial charge >= 0.3 is 0 Å². The molecule has 20 heavy (non-hydrogen) atoms. The highest BCUT2D eigenvalue weighted by Crippen LogP contribution is 2.05. The summed E-state index contributed by atoms with van der Waals surface area (Å²) in [4.78, 5) is 29.5. The molecule has 0 fully saturated rings. The Morgan fingerprint density at radius 2 is 2.10 bits per heavy atom. The first-order chi connectivity index (χ1) is 9.69. The van der Waals surface area contributed by atoms with Crippen molar-refractivity contribution in [2.75, 3.05) is 11.9 Å². The van der Waals surface area contributed by atoms with Crippen molar-refractivity contribution in [3.05, 3.63) is 58.1 Å². The molecule has 0 aromatic carbocycles. The minimum atomic E-state index is -0.470. The lowest BCUT2D eigenvalue weighted by Gasteiger charge is -2.04. The van der Waals surface area contributed by atoms with Crippen LogP contribution in [0, 0.1) is 11.8 Å². The molecule has 100 valence electrons. The SMILES string of the molecule is O=C(Nc1cccc(C#CCO)n1)c1cccc(=O)[nH]1. The number of carbonyl (C=O) groups excluding carboxylic acids is 1. The summed E-state index contributed by atoms with van der Waals surface area (Å²) in [5, 5.41) is 11.2. The maximum Gasteiger partial charge on any atom is 0.273 e. The fraction of sp³-hybridized carbons (Fsp3) is 0.0714. The van der Waals surface area contributed by atoms with Gasteiger partial charge in [-0.15, -0.1) is 0 Å². The maximum atomic E-state index is 11.9. The van der Waals surface area contributed by atoms with Crippen LogP contribution in [0.25, 0.3) is 0 Å². The number of hydrogen-bond donors (Lipinski definition) is 3. The zero-order valence-corrected chi connectivity index (χ0v) is 10.4. The largest absolute Gasteiger partial charge is 0.384 e. The number of aliphatic hydroxyl groups excluding tert-OH is 1. The number of nitrogens with one attached hydrogen (secondary N) is 2. The summed E-state index contributed by atoms with van der Waals surface area (Å²) < 4.78 is 0. The fourth-order valence-corrected chi connectivity index (χ4v) is 1.47. The van der Waals surface area contributed by atoms with E-state index in [0.717, 1.165) is 0 Å². The molecule has 3 N–H and O–H groups in total. The van der Waals surface area contributed by atoms with Gasteiger partial charge in [-0.25, -0.2) is 4.98 Å². The van der Waals surface area contributed by atoms with Gasteiger partial charge in [0.05, 0.1) is 0 Å². The van der Waals surface area contributed by atoms with E-state index in [1.54, 1.807) is 18.2 Å². The molecule has 0 aliphatic heterocycles. The molecule has 0 atom stereocenters. The van der Waals surface area contributed by atoms with Gasteiger partial charge in [-0.1, -0.05) is 18.1 Å². The van der Waals surface area contributed by atoms with E-state index in [-0.39, 0.29) is 17.9 Å². The van der Waals surface area contributed by atoms with E-state index in [9.17, 15) is 9.59 Å². The molecule has 0 spiro atoms. The Morgan fingerprint density at radius 1 is 1.30 bits per heavy atom. The number of aliphatic hydroxyl groups is 1. The summed E-state index contributed by atoms with van der Waals surface area (Å²) in [7, 11) is 0. The first-order valence-electron chi connectivity index (χ1n) is 5.76. The van der Waals surface area contributed by atoms with Crippen LogP contribution >= 0.6 is 0 Å².